The van der Waals surface area contributed by atoms with Crippen molar-refractivity contribution < 1.29 is 19.1 Å². The Kier molecular flexibility index (Phi) is 3.94. The lowest BCUT2D eigenvalue weighted by Crippen LogP contribution is -2.47. The van der Waals surface area contributed by atoms with Gasteiger partial charge in [0, 0.05) is 18.5 Å². The Balaban J connectivity index is 2.17. The number of thioether (sulfide) groups is 1. The molecule has 7 heteroatoms. The summed E-state index contributed by atoms with van der Waals surface area (Å²) >= 11 is 1.39. The minimum absolute atomic E-state index is 0.329. The van der Waals surface area contributed by atoms with Crippen LogP contribution in [0.4, 0.5) is 14.9 Å². The van der Waals surface area contributed by atoms with Crippen LogP contribution in [0, 0.1) is 5.82 Å². The number of benzene rings is 1. The fourth-order valence-electron chi connectivity index (χ4n) is 1.82. The van der Waals surface area contributed by atoms with Crippen molar-refractivity contribution in [2.45, 2.75) is 6.04 Å². The Labute approximate surface area is 114 Å². The van der Waals surface area contributed by atoms with Crippen molar-refractivity contribution in [3.63, 3.8) is 0 Å². The van der Waals surface area contributed by atoms with Crippen LogP contribution in [-0.2, 0) is 4.79 Å². The smallest absolute Gasteiger partial charge is 0.327 e. The average molecular weight is 284 g/mol. The monoisotopic (exact) mass is 284 g/mol. The fraction of sp³-hybridized carbons (Fsp3) is 0.333. The molecular formula is C12H13FN2O3S. The van der Waals surface area contributed by atoms with Crippen LogP contribution in [0.5, 0.6) is 0 Å². The molecule has 1 atom stereocenters. The van der Waals surface area contributed by atoms with Gasteiger partial charge in [0.15, 0.2) is 0 Å². The molecule has 1 aromatic carbocycles. The number of carbonyl (C=O) groups is 2. The molecule has 5 nitrogen and oxygen atoms in total. The maximum Gasteiger partial charge on any atom is 0.327 e. The zero-order valence-electron chi connectivity index (χ0n) is 10.2. The highest BCUT2D eigenvalue weighted by molar-refractivity contribution is 7.99. The number of rotatable bonds is 2. The summed E-state index contributed by atoms with van der Waals surface area (Å²) in [5, 5.41) is 9.04. The molecule has 0 bridgehead atoms. The van der Waals surface area contributed by atoms with Crippen LogP contribution in [0.15, 0.2) is 24.3 Å². The number of hydrogen-bond donors (Lipinski definition) is 1. The molecule has 1 unspecified atom stereocenters. The molecule has 19 heavy (non-hydrogen) atoms. The van der Waals surface area contributed by atoms with Crippen LogP contribution in [-0.4, -0.2) is 46.7 Å². The first-order valence-electron chi connectivity index (χ1n) is 5.61. The molecule has 1 aliphatic heterocycles. The predicted octanol–water partition coefficient (Wildman–Crippen LogP) is 1.84. The average Bonchev–Trinajstić information content (AvgIpc) is 2.86. The van der Waals surface area contributed by atoms with E-state index in [0.717, 1.165) is 0 Å². The van der Waals surface area contributed by atoms with Gasteiger partial charge in [0.1, 0.15) is 11.9 Å². The van der Waals surface area contributed by atoms with Gasteiger partial charge in [0.25, 0.3) is 0 Å². The van der Waals surface area contributed by atoms with Crippen molar-refractivity contribution in [2.24, 2.45) is 0 Å². The van der Waals surface area contributed by atoms with E-state index < -0.39 is 23.9 Å². The van der Waals surface area contributed by atoms with Gasteiger partial charge in [-0.05, 0) is 18.2 Å². The summed E-state index contributed by atoms with van der Waals surface area (Å²) in [5.74, 6) is -0.762. The van der Waals surface area contributed by atoms with E-state index in [-0.39, 0.29) is 0 Å². The molecule has 0 aromatic heterocycles. The second kappa shape index (κ2) is 5.48. The topological polar surface area (TPSA) is 60.9 Å². The van der Waals surface area contributed by atoms with Crippen LogP contribution >= 0.6 is 11.8 Å². The molecule has 102 valence electrons. The van der Waals surface area contributed by atoms with Gasteiger partial charge in [-0.3, -0.25) is 4.90 Å². The molecule has 1 saturated heterocycles. The molecule has 1 heterocycles. The molecule has 0 spiro atoms. The maximum atomic E-state index is 13.1. The summed E-state index contributed by atoms with van der Waals surface area (Å²) in [6.07, 6.45) is 0. The van der Waals surface area contributed by atoms with Gasteiger partial charge < -0.3 is 10.0 Å². The van der Waals surface area contributed by atoms with Crippen LogP contribution in [0.25, 0.3) is 0 Å². The third-order valence-corrected chi connectivity index (χ3v) is 3.91. The fourth-order valence-corrected chi connectivity index (χ4v) is 2.96. The molecule has 1 fully saturated rings. The lowest BCUT2D eigenvalue weighted by atomic mass is 10.3. The summed E-state index contributed by atoms with van der Waals surface area (Å²) in [6.45, 7) is 0. The lowest BCUT2D eigenvalue weighted by molar-refractivity contribution is -0.140. The molecule has 1 aliphatic rings. The Morgan fingerprint density at radius 3 is 2.89 bits per heavy atom. The Hall–Kier alpha value is -1.76. The molecule has 0 radical (unpaired) electrons. The molecule has 2 rings (SSSR count). The van der Waals surface area contributed by atoms with Crippen molar-refractivity contribution in [2.75, 3.05) is 23.6 Å². The van der Waals surface area contributed by atoms with Crippen LogP contribution in [0.2, 0.25) is 0 Å². The standard InChI is InChI=1S/C12H13FN2O3S/c1-14(9-4-2-3-8(13)5-9)12(18)15-7-19-6-10(15)11(16)17/h2-5,10H,6-7H2,1H3,(H,16,17). The molecular weight excluding hydrogens is 271 g/mol. The number of hydrogen-bond acceptors (Lipinski definition) is 3. The quantitative estimate of drug-likeness (QED) is 0.900. The Morgan fingerprint density at radius 2 is 2.26 bits per heavy atom. The van der Waals surface area contributed by atoms with Crippen molar-refractivity contribution >= 4 is 29.4 Å². The van der Waals surface area contributed by atoms with Crippen molar-refractivity contribution in [1.29, 1.82) is 0 Å². The summed E-state index contributed by atoms with van der Waals surface area (Å²) < 4.78 is 13.1. The van der Waals surface area contributed by atoms with E-state index in [2.05, 4.69) is 0 Å². The minimum Gasteiger partial charge on any atom is -0.480 e. The third-order valence-electron chi connectivity index (χ3n) is 2.90. The third kappa shape index (κ3) is 2.81. The number of anilines is 1. The summed E-state index contributed by atoms with van der Waals surface area (Å²) in [4.78, 5) is 25.8. The summed E-state index contributed by atoms with van der Waals surface area (Å²) in [6, 6.07) is 4.35. The largest absolute Gasteiger partial charge is 0.480 e. The number of urea groups is 1. The zero-order valence-corrected chi connectivity index (χ0v) is 11.1. The number of carboxylic acids is 1. The van der Waals surface area contributed by atoms with E-state index in [1.807, 2.05) is 0 Å². The van der Waals surface area contributed by atoms with E-state index in [0.29, 0.717) is 17.3 Å². The van der Waals surface area contributed by atoms with Gasteiger partial charge in [0.2, 0.25) is 0 Å². The second-order valence-corrected chi connectivity index (χ2v) is 5.14. The lowest BCUT2D eigenvalue weighted by Gasteiger charge is -2.27. The molecule has 1 N–H and O–H groups in total. The number of aliphatic carboxylic acids is 1. The van der Waals surface area contributed by atoms with E-state index in [4.69, 9.17) is 5.11 Å². The second-order valence-electron chi connectivity index (χ2n) is 4.15. The molecule has 0 aliphatic carbocycles. The number of nitrogens with zero attached hydrogens (tertiary/aromatic N) is 2. The Morgan fingerprint density at radius 1 is 1.53 bits per heavy atom. The first-order chi connectivity index (χ1) is 9.00. The Bertz CT molecular complexity index is 512. The van der Waals surface area contributed by atoms with Gasteiger partial charge in [-0.25, -0.2) is 14.0 Å². The minimum atomic E-state index is -1.02. The highest BCUT2D eigenvalue weighted by Crippen LogP contribution is 2.24. The van der Waals surface area contributed by atoms with Crippen molar-refractivity contribution in [1.82, 2.24) is 4.90 Å². The van der Waals surface area contributed by atoms with Crippen LogP contribution in [0.3, 0.4) is 0 Å². The maximum absolute atomic E-state index is 13.1. The molecule has 2 amide bonds. The summed E-state index contributed by atoms with van der Waals surface area (Å²) in [7, 11) is 1.50. The summed E-state index contributed by atoms with van der Waals surface area (Å²) in [5.41, 5.74) is 0.394. The van der Waals surface area contributed by atoms with Gasteiger partial charge in [-0.2, -0.15) is 0 Å². The van der Waals surface area contributed by atoms with Crippen LogP contribution in [0.1, 0.15) is 0 Å². The number of amides is 2. The van der Waals surface area contributed by atoms with E-state index in [9.17, 15) is 14.0 Å². The highest BCUT2D eigenvalue weighted by atomic mass is 32.2. The van der Waals surface area contributed by atoms with E-state index in [1.165, 1.54) is 46.8 Å². The molecule has 0 saturated carbocycles. The van der Waals surface area contributed by atoms with Crippen LogP contribution < -0.4 is 4.90 Å². The van der Waals surface area contributed by atoms with E-state index >= 15 is 0 Å². The van der Waals surface area contributed by atoms with Gasteiger partial charge >= 0.3 is 12.0 Å². The molecule has 1 aromatic rings. The van der Waals surface area contributed by atoms with E-state index in [1.54, 1.807) is 6.07 Å². The number of carboxylic acid groups (broad SMARTS) is 1. The first kappa shape index (κ1) is 13.7. The zero-order chi connectivity index (χ0) is 14.0. The number of carbonyl (C=O) groups excluding carboxylic acids is 1. The van der Waals surface area contributed by atoms with Gasteiger partial charge in [-0.15, -0.1) is 11.8 Å². The van der Waals surface area contributed by atoms with Gasteiger partial charge in [0.05, 0.1) is 5.88 Å². The highest BCUT2D eigenvalue weighted by Gasteiger charge is 2.36. The SMILES string of the molecule is CN(C(=O)N1CSCC1C(=O)O)c1cccc(F)c1. The van der Waals surface area contributed by atoms with Crippen molar-refractivity contribution in [3.8, 4) is 0 Å². The normalized spacial score (nSPS) is 18.4. The first-order valence-corrected chi connectivity index (χ1v) is 6.76. The number of halogens is 1. The van der Waals surface area contributed by atoms with Crippen molar-refractivity contribution in [3.05, 3.63) is 30.1 Å². The predicted molar refractivity (Wildman–Crippen MR) is 70.8 cm³/mol. The van der Waals surface area contributed by atoms with Gasteiger partial charge in [-0.1, -0.05) is 6.07 Å².